The van der Waals surface area contributed by atoms with E-state index < -0.39 is 52.8 Å². The molecule has 7 rings (SSSR count). The summed E-state index contributed by atoms with van der Waals surface area (Å²) in [4.78, 5) is 71.3. The van der Waals surface area contributed by atoms with E-state index >= 15 is 0 Å². The van der Waals surface area contributed by atoms with Gasteiger partial charge in [-0.1, -0.05) is 76.2 Å². The molecule has 4 amide bonds. The molecule has 316 valence electrons. The molecule has 0 saturated carbocycles. The molecular formula is C42H48B4N8O8. The first-order valence-electron chi connectivity index (χ1n) is 20.5. The number of aromatic amines is 2. The maximum absolute atomic E-state index is 14.1. The molecule has 0 bridgehead atoms. The fourth-order valence-electron chi connectivity index (χ4n) is 8.32. The lowest BCUT2D eigenvalue weighted by atomic mass is 9.42. The Morgan fingerprint density at radius 1 is 0.694 bits per heavy atom. The Hall–Kier alpha value is -5.48. The number of likely N-dealkylation sites (tertiary alicyclic amines) is 2. The van der Waals surface area contributed by atoms with E-state index in [2.05, 4.69) is 30.6 Å². The van der Waals surface area contributed by atoms with Crippen molar-refractivity contribution in [2.45, 2.75) is 87.7 Å². The van der Waals surface area contributed by atoms with Gasteiger partial charge in [-0.2, -0.15) is 0 Å². The third kappa shape index (κ3) is 8.76. The fourth-order valence-corrected chi connectivity index (χ4v) is 8.32. The Balaban J connectivity index is 1.06. The number of H-pyrrole nitrogens is 2. The maximum atomic E-state index is 14.1. The van der Waals surface area contributed by atoms with Crippen molar-refractivity contribution in [3.8, 4) is 33.6 Å². The highest BCUT2D eigenvalue weighted by Crippen LogP contribution is 2.49. The van der Waals surface area contributed by atoms with Crippen LogP contribution in [0.25, 0.3) is 33.6 Å². The van der Waals surface area contributed by atoms with Crippen molar-refractivity contribution in [1.29, 1.82) is 0 Å². The molecule has 0 aliphatic carbocycles. The van der Waals surface area contributed by atoms with Gasteiger partial charge in [0.2, 0.25) is 11.8 Å². The lowest BCUT2D eigenvalue weighted by Crippen LogP contribution is -2.54. The van der Waals surface area contributed by atoms with Crippen molar-refractivity contribution in [2.75, 3.05) is 27.3 Å². The second-order valence-corrected chi connectivity index (χ2v) is 16.8. The summed E-state index contributed by atoms with van der Waals surface area (Å²) in [7, 11) is 26.9. The Morgan fingerprint density at radius 2 is 1.11 bits per heavy atom. The topological polar surface area (TPSA) is 193 Å². The summed E-state index contributed by atoms with van der Waals surface area (Å²) >= 11 is 0. The van der Waals surface area contributed by atoms with Gasteiger partial charge in [-0.05, 0) is 46.9 Å². The number of nitrogens with one attached hydrogen (secondary N) is 4. The molecule has 2 aromatic carbocycles. The van der Waals surface area contributed by atoms with Crippen LogP contribution < -0.4 is 10.6 Å². The molecule has 16 nitrogen and oxygen atoms in total. The molecule has 3 aliphatic rings. The SMILES string of the molecule is [B]C1([B])OC2(C[C@@H](c3ncc(-c4ccc(-c5ccc(-c6cnc([C@@H]7CCCN7C(=O)C(NC(=O)OC)C(C)C)[nH]6)cc5)cc4)[nH]3)N(C(=O)[C@@H](NC(=O)OC)C(C)C)C2)OC1([B])[B]. The van der Waals surface area contributed by atoms with Crippen LogP contribution in [0.1, 0.15) is 70.7 Å². The Labute approximate surface area is 366 Å². The number of methoxy groups -OCH3 is 2. The van der Waals surface area contributed by atoms with Crippen molar-refractivity contribution in [1.82, 2.24) is 40.4 Å². The maximum Gasteiger partial charge on any atom is 0.407 e. The first-order chi connectivity index (χ1) is 29.4. The van der Waals surface area contributed by atoms with E-state index in [-0.39, 0.29) is 36.8 Å². The number of ether oxygens (including phenoxy) is 4. The molecular weight excluding hydrogens is 788 g/mol. The molecule has 1 unspecified atom stereocenters. The lowest BCUT2D eigenvalue weighted by Gasteiger charge is -2.33. The average molecular weight is 836 g/mol. The van der Waals surface area contributed by atoms with Gasteiger partial charge in [-0.25, -0.2) is 19.6 Å². The number of carbonyl (C=O) groups excluding carboxylic acids is 4. The minimum atomic E-state index is -2.07. The van der Waals surface area contributed by atoms with Crippen molar-refractivity contribution in [2.24, 2.45) is 11.8 Å². The number of benzene rings is 2. The molecule has 3 fully saturated rings. The zero-order valence-electron chi connectivity index (χ0n) is 35.6. The molecule has 3 saturated heterocycles. The fraction of sp³-hybridized carbons (Fsp3) is 0.476. The molecule has 3 aliphatic heterocycles. The van der Waals surface area contributed by atoms with Crippen LogP contribution in [0.3, 0.4) is 0 Å². The first kappa shape index (κ1) is 44.6. The van der Waals surface area contributed by atoms with Crippen LogP contribution in [0.15, 0.2) is 60.9 Å². The van der Waals surface area contributed by atoms with E-state index in [9.17, 15) is 19.2 Å². The third-order valence-corrected chi connectivity index (χ3v) is 11.8. The van der Waals surface area contributed by atoms with E-state index in [1.54, 1.807) is 31.1 Å². The zero-order chi connectivity index (χ0) is 44.7. The smallest absolute Gasteiger partial charge is 0.407 e. The molecule has 5 heterocycles. The summed E-state index contributed by atoms with van der Waals surface area (Å²) in [5, 5.41) is 1.17. The second-order valence-electron chi connectivity index (χ2n) is 16.8. The van der Waals surface area contributed by atoms with Crippen LogP contribution in [-0.4, -0.2) is 141 Å². The highest BCUT2D eigenvalue weighted by Gasteiger charge is 2.61. The Morgan fingerprint density at radius 3 is 1.55 bits per heavy atom. The number of hydrogen-bond acceptors (Lipinski definition) is 10. The van der Waals surface area contributed by atoms with Gasteiger partial charge in [0.25, 0.3) is 0 Å². The molecule has 4 N–H and O–H groups in total. The summed E-state index contributed by atoms with van der Waals surface area (Å²) in [6.07, 6.45) is 3.65. The van der Waals surface area contributed by atoms with Gasteiger partial charge < -0.3 is 49.3 Å². The number of carbonyl (C=O) groups is 4. The Kier molecular flexibility index (Phi) is 12.5. The first-order valence-corrected chi connectivity index (χ1v) is 20.5. The highest BCUT2D eigenvalue weighted by atomic mass is 16.8. The Bertz CT molecular complexity index is 2270. The number of hydrogen-bond donors (Lipinski definition) is 4. The summed E-state index contributed by atoms with van der Waals surface area (Å²) < 4.78 is 21.4. The van der Waals surface area contributed by atoms with Crippen LogP contribution in [0.5, 0.6) is 0 Å². The van der Waals surface area contributed by atoms with Crippen molar-refractivity contribution in [3.63, 3.8) is 0 Å². The van der Waals surface area contributed by atoms with Gasteiger partial charge in [-0.3, -0.25) is 9.59 Å². The summed E-state index contributed by atoms with van der Waals surface area (Å²) in [6.45, 7) is 7.77. The predicted molar refractivity (Wildman–Crippen MR) is 232 cm³/mol. The van der Waals surface area contributed by atoms with Crippen LogP contribution >= 0.6 is 0 Å². The largest absolute Gasteiger partial charge is 0.453 e. The van der Waals surface area contributed by atoms with E-state index in [1.165, 1.54) is 19.1 Å². The number of rotatable bonds is 11. The van der Waals surface area contributed by atoms with E-state index in [1.807, 2.05) is 62.4 Å². The van der Waals surface area contributed by atoms with Gasteiger partial charge in [0, 0.05) is 23.8 Å². The molecule has 1 spiro atoms. The zero-order valence-corrected chi connectivity index (χ0v) is 35.6. The van der Waals surface area contributed by atoms with Crippen LogP contribution in [0.2, 0.25) is 0 Å². The molecule has 62 heavy (non-hydrogen) atoms. The van der Waals surface area contributed by atoms with Crippen molar-refractivity contribution < 1.29 is 38.1 Å². The van der Waals surface area contributed by atoms with Crippen LogP contribution in [-0.2, 0) is 28.5 Å². The molecule has 4 atom stereocenters. The molecule has 2 aromatic heterocycles. The van der Waals surface area contributed by atoms with Gasteiger partial charge in [0.05, 0.1) is 56.6 Å². The van der Waals surface area contributed by atoms with Crippen molar-refractivity contribution >= 4 is 55.4 Å². The summed E-state index contributed by atoms with van der Waals surface area (Å²) in [5.74, 6) is -1.50. The lowest BCUT2D eigenvalue weighted by molar-refractivity contribution is -0.164. The molecule has 8 radical (unpaired) electrons. The van der Waals surface area contributed by atoms with Crippen LogP contribution in [0, 0.1) is 11.8 Å². The second kappa shape index (κ2) is 17.4. The summed E-state index contributed by atoms with van der Waals surface area (Å²) in [6, 6.07) is 13.4. The van der Waals surface area contributed by atoms with Crippen LogP contribution in [0.4, 0.5) is 9.59 Å². The number of amides is 4. The monoisotopic (exact) mass is 836 g/mol. The van der Waals surface area contributed by atoms with Gasteiger partial charge in [-0.15, -0.1) is 0 Å². The van der Waals surface area contributed by atoms with Gasteiger partial charge in [0.1, 0.15) is 55.1 Å². The van der Waals surface area contributed by atoms with Crippen molar-refractivity contribution in [3.05, 3.63) is 72.6 Å². The average Bonchev–Trinajstić information content (AvgIpc) is 4.09. The minimum absolute atomic E-state index is 0.0312. The molecule has 20 heteroatoms. The number of aromatic nitrogens is 4. The molecule has 4 aromatic rings. The number of alkyl carbamates (subject to hydrolysis) is 2. The normalized spacial score (nSPS) is 21.0. The minimum Gasteiger partial charge on any atom is -0.453 e. The highest BCUT2D eigenvalue weighted by molar-refractivity contribution is 6.53. The predicted octanol–water partition coefficient (Wildman–Crippen LogP) is 3.56. The quantitative estimate of drug-likeness (QED) is 0.163. The van der Waals surface area contributed by atoms with E-state index in [4.69, 9.17) is 50.3 Å². The van der Waals surface area contributed by atoms with Gasteiger partial charge in [0.15, 0.2) is 5.79 Å². The number of nitrogens with zero attached hydrogens (tertiary/aromatic N) is 4. The summed E-state index contributed by atoms with van der Waals surface area (Å²) in [5.41, 5.74) is 5.25. The van der Waals surface area contributed by atoms with Gasteiger partial charge >= 0.3 is 12.2 Å². The van der Waals surface area contributed by atoms with E-state index in [0.29, 0.717) is 23.9 Å². The number of imidazole rings is 2. The standard InChI is InChI=1S/C42H48B4N8O8/c1-22(2)32(51-38(57)59-5)36(55)53-17-7-8-30(53)34-47-19-28(49-34)26-13-9-24(10-14-26)25-11-15-27(16-12-25)29-20-48-35(50-29)31-18-40(61-41(43,44)42(45,46)62-40)21-54(31)37(56)33(23(3)4)52-39(58)60-6/h9-16,19-20,22-23,30-33H,7-8,17-18,21H2,1-6H3,(H,47,49)(H,48,50)(H,51,57)(H,52,58)/t30-,31-,32?,33-/m0/s1. The third-order valence-electron chi connectivity index (χ3n) is 11.8. The van der Waals surface area contributed by atoms with E-state index in [0.717, 1.165) is 40.8 Å².